The van der Waals surface area contributed by atoms with E-state index < -0.39 is 0 Å². The Morgan fingerprint density at radius 3 is 0.935 bits per heavy atom. The maximum Gasteiger partial charge on any atom is 0.0563 e. The standard InChI is InChI=1S/C42H26ClI3/c43-42-40(38-20-5-3-17-35(38)28-11-8-14-32(45)23-28)25-30(37-19-2-1-16-34(37)27-10-7-13-31(44)22-27)26-41(42)39-21-6-4-18-36(39)29-12-9-15-33(46)24-29/h1-26H. The highest BCUT2D eigenvalue weighted by atomic mass is 127. The molecule has 4 heteroatoms. The predicted octanol–water partition coefficient (Wildman–Crippen LogP) is 14.2. The summed E-state index contributed by atoms with van der Waals surface area (Å²) in [6, 6.07) is 56.5. The quantitative estimate of drug-likeness (QED) is 0.146. The zero-order valence-electron chi connectivity index (χ0n) is 24.5. The highest BCUT2D eigenvalue weighted by molar-refractivity contribution is 14.1. The van der Waals surface area contributed by atoms with Crippen LogP contribution in [0.1, 0.15) is 0 Å². The van der Waals surface area contributed by atoms with Crippen molar-refractivity contribution in [2.45, 2.75) is 0 Å². The molecule has 0 N–H and O–H groups in total. The van der Waals surface area contributed by atoms with Crippen LogP contribution in [0, 0.1) is 10.7 Å². The van der Waals surface area contributed by atoms with Gasteiger partial charge in [0.2, 0.25) is 0 Å². The maximum absolute atomic E-state index is 7.59. The Labute approximate surface area is 316 Å². The van der Waals surface area contributed by atoms with Gasteiger partial charge >= 0.3 is 0 Å². The van der Waals surface area contributed by atoms with Crippen LogP contribution >= 0.6 is 79.4 Å². The van der Waals surface area contributed by atoms with Gasteiger partial charge in [0.25, 0.3) is 0 Å². The Morgan fingerprint density at radius 1 is 0.283 bits per heavy atom. The minimum atomic E-state index is 0.742. The average molecular weight is 947 g/mol. The predicted molar refractivity (Wildman–Crippen MR) is 222 cm³/mol. The summed E-state index contributed by atoms with van der Waals surface area (Å²) in [5.74, 6) is 0. The Bertz CT molecular complexity index is 2110. The second-order valence-electron chi connectivity index (χ2n) is 11.1. The molecule has 0 heterocycles. The molecule has 0 amide bonds. The van der Waals surface area contributed by atoms with Gasteiger partial charge in [-0.3, -0.25) is 0 Å². The van der Waals surface area contributed by atoms with Crippen molar-refractivity contribution in [3.8, 4) is 66.8 Å². The normalized spacial score (nSPS) is 11.0. The van der Waals surface area contributed by atoms with Gasteiger partial charge in [-0.25, -0.2) is 0 Å². The van der Waals surface area contributed by atoms with Crippen molar-refractivity contribution >= 4 is 79.4 Å². The number of benzene rings is 7. The fraction of sp³-hybridized carbons (Fsp3) is 0. The minimum Gasteiger partial charge on any atom is -0.0830 e. The molecular formula is C42H26ClI3. The first-order valence-corrected chi connectivity index (χ1v) is 18.5. The van der Waals surface area contributed by atoms with Crippen molar-refractivity contribution in [3.63, 3.8) is 0 Å². The molecule has 0 aromatic heterocycles. The van der Waals surface area contributed by atoms with Crippen LogP contribution in [0.2, 0.25) is 5.02 Å². The van der Waals surface area contributed by atoms with E-state index in [-0.39, 0.29) is 0 Å². The van der Waals surface area contributed by atoms with Crippen molar-refractivity contribution in [1.29, 1.82) is 0 Å². The van der Waals surface area contributed by atoms with Crippen LogP contribution in [0.5, 0.6) is 0 Å². The number of rotatable bonds is 6. The van der Waals surface area contributed by atoms with Crippen LogP contribution in [-0.2, 0) is 0 Å². The zero-order chi connectivity index (χ0) is 31.6. The van der Waals surface area contributed by atoms with Crippen LogP contribution in [0.25, 0.3) is 66.8 Å². The molecule has 0 saturated carbocycles. The van der Waals surface area contributed by atoms with E-state index in [1.165, 1.54) is 38.5 Å². The number of hydrogen-bond donors (Lipinski definition) is 0. The summed E-state index contributed by atoms with van der Waals surface area (Å²) in [4.78, 5) is 0. The molecule has 0 nitrogen and oxygen atoms in total. The molecule has 46 heavy (non-hydrogen) atoms. The summed E-state index contributed by atoms with van der Waals surface area (Å²) in [6.07, 6.45) is 0. The van der Waals surface area contributed by atoms with Crippen LogP contribution in [0.15, 0.2) is 158 Å². The lowest BCUT2D eigenvalue weighted by Gasteiger charge is -2.20. The van der Waals surface area contributed by atoms with Crippen molar-refractivity contribution in [2.24, 2.45) is 0 Å². The third kappa shape index (κ3) is 6.57. The van der Waals surface area contributed by atoms with E-state index in [1.807, 2.05) is 0 Å². The molecule has 0 radical (unpaired) electrons. The van der Waals surface area contributed by atoms with Gasteiger partial charge in [-0.05, 0) is 172 Å². The Balaban J connectivity index is 1.53. The second-order valence-corrected chi connectivity index (χ2v) is 15.2. The molecule has 0 saturated heterocycles. The summed E-state index contributed by atoms with van der Waals surface area (Å²) in [6.45, 7) is 0. The van der Waals surface area contributed by atoms with Crippen LogP contribution < -0.4 is 0 Å². The molecule has 0 aliphatic heterocycles. The Kier molecular flexibility index (Phi) is 9.63. The minimum absolute atomic E-state index is 0.742. The van der Waals surface area contributed by atoms with Gasteiger partial charge in [0.1, 0.15) is 0 Å². The van der Waals surface area contributed by atoms with Gasteiger partial charge < -0.3 is 0 Å². The van der Waals surface area contributed by atoms with Crippen molar-refractivity contribution in [1.82, 2.24) is 0 Å². The fourth-order valence-corrected chi connectivity index (χ4v) is 8.01. The van der Waals surface area contributed by atoms with E-state index in [0.717, 1.165) is 44.0 Å². The summed E-state index contributed by atoms with van der Waals surface area (Å²) in [5.41, 5.74) is 13.6. The lowest BCUT2D eigenvalue weighted by Crippen LogP contribution is -1.94. The van der Waals surface area contributed by atoms with Gasteiger partial charge in [0, 0.05) is 21.8 Å². The molecule has 0 unspecified atom stereocenters. The maximum atomic E-state index is 7.59. The van der Waals surface area contributed by atoms with Crippen LogP contribution in [0.4, 0.5) is 0 Å². The third-order valence-corrected chi connectivity index (χ3v) is 10.6. The van der Waals surface area contributed by atoms with E-state index in [4.69, 9.17) is 11.6 Å². The molecule has 0 fully saturated rings. The van der Waals surface area contributed by atoms with Crippen molar-refractivity contribution in [2.75, 3.05) is 0 Å². The lowest BCUT2D eigenvalue weighted by atomic mass is 9.86. The molecule has 0 aliphatic rings. The van der Waals surface area contributed by atoms with E-state index in [0.29, 0.717) is 0 Å². The van der Waals surface area contributed by atoms with Crippen molar-refractivity contribution in [3.05, 3.63) is 173 Å². The number of hydrogen-bond acceptors (Lipinski definition) is 0. The molecule has 222 valence electrons. The lowest BCUT2D eigenvalue weighted by molar-refractivity contribution is 1.53. The first kappa shape index (κ1) is 31.6. The summed E-state index contributed by atoms with van der Waals surface area (Å²) >= 11 is 14.8. The zero-order valence-corrected chi connectivity index (χ0v) is 31.8. The molecule has 0 aliphatic carbocycles. The summed E-state index contributed by atoms with van der Waals surface area (Å²) in [7, 11) is 0. The molecular weight excluding hydrogens is 921 g/mol. The van der Waals surface area contributed by atoms with Crippen LogP contribution in [-0.4, -0.2) is 0 Å². The smallest absolute Gasteiger partial charge is 0.0563 e. The second kappa shape index (κ2) is 14.0. The average Bonchev–Trinajstić information content (AvgIpc) is 3.08. The molecule has 7 aromatic rings. The first-order chi connectivity index (χ1) is 22.5. The molecule has 7 rings (SSSR count). The summed E-state index contributed by atoms with van der Waals surface area (Å²) < 4.78 is 3.60. The van der Waals surface area contributed by atoms with Gasteiger partial charge in [0.15, 0.2) is 0 Å². The molecule has 7 aromatic carbocycles. The molecule has 0 atom stereocenters. The molecule has 0 bridgehead atoms. The summed E-state index contributed by atoms with van der Waals surface area (Å²) in [5, 5.41) is 0.742. The van der Waals surface area contributed by atoms with Gasteiger partial charge in [-0.15, -0.1) is 0 Å². The van der Waals surface area contributed by atoms with Gasteiger partial charge in [-0.1, -0.05) is 121 Å². The largest absolute Gasteiger partial charge is 0.0830 e. The first-order valence-electron chi connectivity index (χ1n) is 14.9. The van der Waals surface area contributed by atoms with E-state index in [1.54, 1.807) is 0 Å². The van der Waals surface area contributed by atoms with E-state index >= 15 is 0 Å². The Hall–Kier alpha value is -2.98. The highest BCUT2D eigenvalue weighted by Crippen LogP contribution is 2.47. The van der Waals surface area contributed by atoms with Gasteiger partial charge in [-0.2, -0.15) is 0 Å². The highest BCUT2D eigenvalue weighted by Gasteiger charge is 2.20. The molecule has 0 spiro atoms. The third-order valence-electron chi connectivity index (χ3n) is 8.15. The SMILES string of the molecule is Clc1c(-c2ccccc2-c2cccc(I)c2)cc(-c2ccccc2-c2cccc(I)c2)cc1-c1ccccc1-c1cccc(I)c1. The van der Waals surface area contributed by atoms with Gasteiger partial charge in [0.05, 0.1) is 5.02 Å². The topological polar surface area (TPSA) is 0 Å². The van der Waals surface area contributed by atoms with E-state index in [9.17, 15) is 0 Å². The Morgan fingerprint density at radius 2 is 0.587 bits per heavy atom. The van der Waals surface area contributed by atoms with Crippen molar-refractivity contribution < 1.29 is 0 Å². The van der Waals surface area contributed by atoms with E-state index in [2.05, 4.69) is 225 Å². The number of halogens is 4. The van der Waals surface area contributed by atoms with Crippen LogP contribution in [0.3, 0.4) is 0 Å². The monoisotopic (exact) mass is 946 g/mol. The fourth-order valence-electron chi connectivity index (χ4n) is 6.07.